The van der Waals surface area contributed by atoms with Gasteiger partial charge in [0.25, 0.3) is 0 Å². The number of amides is 1. The molecule has 1 amide bonds. The Morgan fingerprint density at radius 3 is 2.49 bits per heavy atom. The smallest absolute Gasteiger partial charge is 0.410 e. The average Bonchev–Trinajstić information content (AvgIpc) is 3.57. The van der Waals surface area contributed by atoms with Gasteiger partial charge < -0.3 is 33.5 Å². The van der Waals surface area contributed by atoms with Gasteiger partial charge in [0.05, 0.1) is 17.8 Å². The quantitative estimate of drug-likeness (QED) is 0.119. The molecular weight excluding hydrogens is 776 g/mol. The van der Waals surface area contributed by atoms with Crippen LogP contribution >= 0.6 is 0 Å². The van der Waals surface area contributed by atoms with Crippen LogP contribution in [-0.2, 0) is 20.8 Å². The molecule has 13 heteroatoms. The van der Waals surface area contributed by atoms with Gasteiger partial charge in [0, 0.05) is 72.9 Å². The molecule has 0 spiro atoms. The fourth-order valence-electron chi connectivity index (χ4n) is 8.91. The molecule has 3 saturated heterocycles. The van der Waals surface area contributed by atoms with Crippen molar-refractivity contribution in [2.45, 2.75) is 116 Å². The van der Waals surface area contributed by atoms with Crippen LogP contribution in [0, 0.1) is 25.1 Å². The van der Waals surface area contributed by atoms with Crippen molar-refractivity contribution in [1.29, 1.82) is 0 Å². The number of hydrogen-bond acceptors (Lipinski definition) is 10. The van der Waals surface area contributed by atoms with Crippen molar-refractivity contribution in [2.24, 2.45) is 0 Å². The Morgan fingerprint density at radius 1 is 0.984 bits per heavy atom. The first kappa shape index (κ1) is 40.9. The second-order valence-electron chi connectivity index (χ2n) is 17.9. The Morgan fingerprint density at radius 2 is 1.79 bits per heavy atom. The molecular formula is C48H55FN6O6. The summed E-state index contributed by atoms with van der Waals surface area (Å²) in [5, 5.41) is 6.43. The van der Waals surface area contributed by atoms with Gasteiger partial charge in [-0.15, -0.1) is 6.42 Å². The van der Waals surface area contributed by atoms with Crippen LogP contribution in [0.4, 0.5) is 15.0 Å². The van der Waals surface area contributed by atoms with Crippen LogP contribution in [0.2, 0.25) is 0 Å². The highest BCUT2D eigenvalue weighted by atomic mass is 19.1. The molecule has 12 nitrogen and oxygen atoms in total. The van der Waals surface area contributed by atoms with Gasteiger partial charge in [-0.3, -0.25) is 0 Å². The molecule has 61 heavy (non-hydrogen) atoms. The van der Waals surface area contributed by atoms with E-state index in [0.29, 0.717) is 67.5 Å². The van der Waals surface area contributed by atoms with Crippen molar-refractivity contribution in [1.82, 2.24) is 24.6 Å². The predicted octanol–water partition coefficient (Wildman–Crippen LogP) is 9.23. The third kappa shape index (κ3) is 8.45. The molecule has 3 aliphatic heterocycles. The van der Waals surface area contributed by atoms with Crippen LogP contribution in [0.25, 0.3) is 32.9 Å². The number of aromatic nitrogens is 4. The maximum absolute atomic E-state index is 16.5. The summed E-state index contributed by atoms with van der Waals surface area (Å²) >= 11 is 0. The summed E-state index contributed by atoms with van der Waals surface area (Å²) in [5.41, 5.74) is 5.33. The number of carbonyl (C=O) groups is 1. The topological polar surface area (TPSA) is 113 Å². The van der Waals surface area contributed by atoms with Crippen molar-refractivity contribution >= 4 is 33.7 Å². The molecule has 1 unspecified atom stereocenters. The minimum absolute atomic E-state index is 0.0693. The number of nitrogens with zero attached hydrogens (tertiary/aromatic N) is 6. The van der Waals surface area contributed by atoms with E-state index in [1.54, 1.807) is 11.0 Å². The largest absolute Gasteiger partial charge is 0.486 e. The molecule has 320 valence electrons. The number of ether oxygens (including phenoxy) is 5. The molecule has 1 saturated carbocycles. The van der Waals surface area contributed by atoms with E-state index in [-0.39, 0.29) is 48.8 Å². The van der Waals surface area contributed by atoms with Crippen LogP contribution in [0.15, 0.2) is 42.6 Å². The highest BCUT2D eigenvalue weighted by Gasteiger charge is 2.37. The maximum atomic E-state index is 16.5. The van der Waals surface area contributed by atoms with Crippen molar-refractivity contribution in [3.8, 4) is 35.2 Å². The third-order valence-corrected chi connectivity index (χ3v) is 12.4. The average molecular weight is 831 g/mol. The normalized spacial score (nSPS) is 20.6. The summed E-state index contributed by atoms with van der Waals surface area (Å²) in [4.78, 5) is 27.4. The van der Waals surface area contributed by atoms with Gasteiger partial charge in [-0.25, -0.2) is 13.9 Å². The highest BCUT2D eigenvalue weighted by molar-refractivity contribution is 6.06. The molecule has 3 aromatic carbocycles. The molecule has 5 heterocycles. The fourth-order valence-corrected chi connectivity index (χ4v) is 8.91. The number of fused-ring (bicyclic) bond motifs is 2. The number of likely N-dealkylation sites (tertiary alicyclic amines) is 1. The van der Waals surface area contributed by atoms with E-state index in [0.717, 1.165) is 83.5 Å². The lowest BCUT2D eigenvalue weighted by Gasteiger charge is -2.29. The van der Waals surface area contributed by atoms with Gasteiger partial charge in [-0.1, -0.05) is 18.1 Å². The van der Waals surface area contributed by atoms with Gasteiger partial charge in [0.2, 0.25) is 0 Å². The zero-order valence-electron chi connectivity index (χ0n) is 35.8. The summed E-state index contributed by atoms with van der Waals surface area (Å²) < 4.78 is 49.7. The van der Waals surface area contributed by atoms with Crippen LogP contribution in [0.1, 0.15) is 107 Å². The number of carbonyl (C=O) groups excluding carboxylic acids is 1. The molecule has 1 aliphatic carbocycles. The standard InChI is InChI=1S/C48H55FN6O6/c1-7-30-13-15-31(16-14-30)27-59-44-42(41-29(2)38(49)24-39-37(41)25-50-55(39)40-12-8-9-21-58-40)35(32-17-18-32)23-36-43(44)51-46(60-28-34-11-10-22-57-34)52-45(36)53(6)33-19-20-54(26-33)47(56)61-48(3,4)5/h1,13-16,23-25,32-34,40H,8-12,17-22,26-28H2,2-6H3/t33-,34-,40?/m0/s1. The lowest BCUT2D eigenvalue weighted by Crippen LogP contribution is -2.39. The van der Waals surface area contributed by atoms with E-state index < -0.39 is 5.60 Å². The fraction of sp³-hybridized carbons (Fsp3) is 0.500. The van der Waals surface area contributed by atoms with E-state index >= 15 is 4.39 Å². The molecule has 0 N–H and O–H groups in total. The Hall–Kier alpha value is -5.45. The van der Waals surface area contributed by atoms with Crippen molar-refractivity contribution in [3.63, 3.8) is 0 Å². The molecule has 3 atom stereocenters. The number of halogens is 1. The number of hydrogen-bond donors (Lipinski definition) is 0. The van der Waals surface area contributed by atoms with Crippen LogP contribution < -0.4 is 14.4 Å². The summed E-state index contributed by atoms with van der Waals surface area (Å²) in [5.74, 6) is 3.73. The van der Waals surface area contributed by atoms with Crippen LogP contribution in [-0.4, -0.2) is 88.4 Å². The number of anilines is 1. The van der Waals surface area contributed by atoms with Crippen molar-refractivity contribution < 1.29 is 32.9 Å². The van der Waals surface area contributed by atoms with E-state index in [1.807, 2.05) is 69.9 Å². The molecule has 4 fully saturated rings. The van der Waals surface area contributed by atoms with Gasteiger partial charge >= 0.3 is 12.1 Å². The van der Waals surface area contributed by atoms with Crippen LogP contribution in [0.3, 0.4) is 0 Å². The SMILES string of the molecule is C#Cc1ccc(COc2c(-c3c(C)c(F)cc4c3cnn4C3CCCCO3)c(C3CC3)cc3c(N(C)[C@H]4CCN(C(=O)OC(C)(C)C)C4)nc(OC[C@@H]4CCCO4)nc23)cc1. The summed E-state index contributed by atoms with van der Waals surface area (Å²) in [7, 11) is 2.01. The molecule has 5 aromatic rings. The molecule has 2 aromatic heterocycles. The summed E-state index contributed by atoms with van der Waals surface area (Å²) in [6, 6.07) is 11.6. The van der Waals surface area contributed by atoms with Gasteiger partial charge in [0.1, 0.15) is 36.0 Å². The van der Waals surface area contributed by atoms with E-state index in [9.17, 15) is 4.79 Å². The lowest BCUT2D eigenvalue weighted by molar-refractivity contribution is -0.0366. The van der Waals surface area contributed by atoms with E-state index in [4.69, 9.17) is 45.2 Å². The lowest BCUT2D eigenvalue weighted by atomic mass is 9.88. The van der Waals surface area contributed by atoms with Crippen LogP contribution in [0.5, 0.6) is 11.8 Å². The first-order chi connectivity index (χ1) is 29.5. The number of rotatable bonds is 11. The molecule has 0 bridgehead atoms. The van der Waals surface area contributed by atoms with Gasteiger partial charge in [0.15, 0.2) is 12.0 Å². The van der Waals surface area contributed by atoms with Crippen molar-refractivity contribution in [2.75, 3.05) is 44.9 Å². The summed E-state index contributed by atoms with van der Waals surface area (Å²) in [6.07, 6.45) is 14.2. The second-order valence-corrected chi connectivity index (χ2v) is 17.9. The Kier molecular flexibility index (Phi) is 11.3. The first-order valence-corrected chi connectivity index (χ1v) is 21.8. The van der Waals surface area contributed by atoms with Gasteiger partial charge in [-0.05, 0) is 120 Å². The zero-order chi connectivity index (χ0) is 42.4. The Bertz CT molecular complexity index is 2480. The minimum atomic E-state index is -0.607. The predicted molar refractivity (Wildman–Crippen MR) is 232 cm³/mol. The van der Waals surface area contributed by atoms with Gasteiger partial charge in [-0.2, -0.15) is 15.1 Å². The monoisotopic (exact) mass is 830 g/mol. The Labute approximate surface area is 356 Å². The van der Waals surface area contributed by atoms with E-state index in [2.05, 4.69) is 16.9 Å². The maximum Gasteiger partial charge on any atom is 0.410 e. The third-order valence-electron chi connectivity index (χ3n) is 12.4. The second kappa shape index (κ2) is 16.8. The summed E-state index contributed by atoms with van der Waals surface area (Å²) in [6.45, 7) is 10.3. The Balaban J connectivity index is 1.24. The molecule has 0 radical (unpaired) electrons. The minimum Gasteiger partial charge on any atom is -0.486 e. The number of benzene rings is 3. The number of likely N-dealkylation sites (N-methyl/N-ethyl adjacent to an activating group) is 1. The zero-order valence-corrected chi connectivity index (χ0v) is 35.8. The molecule has 4 aliphatic rings. The van der Waals surface area contributed by atoms with E-state index in [1.165, 1.54) is 0 Å². The number of terminal acetylenes is 1. The molecule has 9 rings (SSSR count). The highest BCUT2D eigenvalue weighted by Crippen LogP contribution is 2.53. The van der Waals surface area contributed by atoms with Crippen molar-refractivity contribution in [3.05, 3.63) is 70.7 Å². The first-order valence-electron chi connectivity index (χ1n) is 21.8.